The average Bonchev–Trinajstić information content (AvgIpc) is 2.01. The minimum atomic E-state index is -1.02. The van der Waals surface area contributed by atoms with Gasteiger partial charge in [-0.3, -0.25) is 4.79 Å². The molecule has 6 heteroatoms. The van der Waals surface area contributed by atoms with E-state index in [1.54, 1.807) is 0 Å². The Morgan fingerprint density at radius 3 is 2.07 bits per heavy atom. The summed E-state index contributed by atoms with van der Waals surface area (Å²) >= 11 is 0. The Hall–Kier alpha value is -1.14. The fourth-order valence-electron chi connectivity index (χ4n) is 0.996. The highest BCUT2D eigenvalue weighted by Gasteiger charge is 2.22. The van der Waals surface area contributed by atoms with E-state index in [-0.39, 0.29) is 11.4 Å². The number of amides is 1. The summed E-state index contributed by atoms with van der Waals surface area (Å²) in [5, 5.41) is 11.2. The first-order valence-corrected chi connectivity index (χ1v) is 4.63. The molecule has 1 amide bonds. The zero-order valence-corrected chi connectivity index (χ0v) is 9.28. The second-order valence-electron chi connectivity index (χ2n) is 3.82. The summed E-state index contributed by atoms with van der Waals surface area (Å²) in [7, 11) is 0. The third-order valence-corrected chi connectivity index (χ3v) is 1.74. The van der Waals surface area contributed by atoms with Crippen LogP contribution in [0.5, 0.6) is 0 Å². The van der Waals surface area contributed by atoms with Gasteiger partial charge in [0.1, 0.15) is 6.04 Å². The lowest BCUT2D eigenvalue weighted by atomic mass is 10.0. The predicted octanol–water partition coefficient (Wildman–Crippen LogP) is -0.876. The average molecular weight is 220 g/mol. The molecule has 0 unspecified atom stereocenters. The van der Waals surface area contributed by atoms with Crippen molar-refractivity contribution in [2.75, 3.05) is 0 Å². The van der Waals surface area contributed by atoms with Crippen LogP contribution in [0.2, 0.25) is 0 Å². The van der Waals surface area contributed by atoms with Crippen LogP contribution in [-0.2, 0) is 9.59 Å². The maximum atomic E-state index is 11.1. The molecule has 6 nitrogen and oxygen atoms in total. The molecule has 6 N–H and O–H groups in total. The molecule has 15 heavy (non-hydrogen) atoms. The van der Waals surface area contributed by atoms with Gasteiger partial charge in [-0.15, -0.1) is 0 Å². The number of hydrogen-bond donors (Lipinski definition) is 3. The monoisotopic (exact) mass is 220 g/mol. The Morgan fingerprint density at radius 2 is 1.80 bits per heavy atom. The van der Waals surface area contributed by atoms with E-state index in [1.165, 1.54) is 6.92 Å². The van der Waals surface area contributed by atoms with Crippen molar-refractivity contribution in [3.63, 3.8) is 0 Å². The van der Waals surface area contributed by atoms with Gasteiger partial charge >= 0.3 is 5.97 Å². The normalized spacial score (nSPS) is 13.9. The summed E-state index contributed by atoms with van der Waals surface area (Å²) in [4.78, 5) is 21.9. The van der Waals surface area contributed by atoms with Gasteiger partial charge in [0.15, 0.2) is 0 Å². The van der Waals surface area contributed by atoms with E-state index in [0.717, 1.165) is 0 Å². The Kier molecular flexibility index (Phi) is 7.81. The molecule has 0 spiro atoms. The van der Waals surface area contributed by atoms with Gasteiger partial charge in [0.25, 0.3) is 0 Å². The van der Waals surface area contributed by atoms with Crippen molar-refractivity contribution in [3.8, 4) is 0 Å². The van der Waals surface area contributed by atoms with Crippen LogP contribution in [0.3, 0.4) is 0 Å². The zero-order chi connectivity index (χ0) is 11.3. The molecule has 0 heterocycles. The van der Waals surface area contributed by atoms with Crippen LogP contribution in [-0.4, -0.2) is 34.5 Å². The third kappa shape index (κ3) is 6.87. The van der Waals surface area contributed by atoms with Crippen LogP contribution in [0.1, 0.15) is 27.2 Å². The van der Waals surface area contributed by atoms with E-state index in [9.17, 15) is 9.59 Å². The molecule has 0 aliphatic carbocycles. The van der Waals surface area contributed by atoms with Crippen molar-refractivity contribution >= 4 is 11.9 Å². The summed E-state index contributed by atoms with van der Waals surface area (Å²) < 4.78 is 0. The maximum Gasteiger partial charge on any atom is 0.326 e. The van der Waals surface area contributed by atoms with Gasteiger partial charge in [0.05, 0.1) is 6.04 Å². The van der Waals surface area contributed by atoms with Crippen molar-refractivity contribution in [2.24, 2.45) is 11.7 Å². The van der Waals surface area contributed by atoms with E-state index in [0.29, 0.717) is 6.42 Å². The molecule has 0 aromatic carbocycles. The van der Waals surface area contributed by atoms with Crippen LogP contribution < -0.4 is 11.1 Å². The van der Waals surface area contributed by atoms with Crippen molar-refractivity contribution < 1.29 is 20.2 Å². The number of aliphatic carboxylic acids is 1. The van der Waals surface area contributed by atoms with Crippen LogP contribution in [0.4, 0.5) is 0 Å². The van der Waals surface area contributed by atoms with Gasteiger partial charge in [-0.1, -0.05) is 13.8 Å². The Morgan fingerprint density at radius 1 is 1.33 bits per heavy atom. The first-order valence-electron chi connectivity index (χ1n) is 4.63. The highest BCUT2D eigenvalue weighted by atomic mass is 16.4. The molecule has 2 atom stereocenters. The van der Waals surface area contributed by atoms with Gasteiger partial charge in [-0.25, -0.2) is 4.79 Å². The molecule has 0 aromatic rings. The Bertz CT molecular complexity index is 216. The number of hydrogen-bond acceptors (Lipinski definition) is 3. The van der Waals surface area contributed by atoms with E-state index < -0.39 is 24.0 Å². The minimum absolute atomic E-state index is 0. The van der Waals surface area contributed by atoms with Gasteiger partial charge in [-0.2, -0.15) is 0 Å². The fraction of sp³-hybridized carbons (Fsp3) is 0.778. The van der Waals surface area contributed by atoms with Gasteiger partial charge in [-0.05, 0) is 19.3 Å². The molecular formula is C9H20N2O4. The van der Waals surface area contributed by atoms with E-state index in [2.05, 4.69) is 5.32 Å². The maximum absolute atomic E-state index is 11.1. The zero-order valence-electron chi connectivity index (χ0n) is 9.28. The van der Waals surface area contributed by atoms with E-state index in [1.807, 2.05) is 13.8 Å². The Labute approximate surface area is 89.1 Å². The minimum Gasteiger partial charge on any atom is -0.480 e. The van der Waals surface area contributed by atoms with Crippen molar-refractivity contribution in [3.05, 3.63) is 0 Å². The van der Waals surface area contributed by atoms with Crippen LogP contribution in [0.25, 0.3) is 0 Å². The number of carbonyl (C=O) groups is 2. The molecule has 0 saturated heterocycles. The number of nitrogens with two attached hydrogens (primary N) is 1. The van der Waals surface area contributed by atoms with Crippen LogP contribution in [0, 0.1) is 5.92 Å². The second-order valence-corrected chi connectivity index (χ2v) is 3.82. The molecule has 0 saturated carbocycles. The smallest absolute Gasteiger partial charge is 0.326 e. The number of carboxylic acids is 1. The number of carbonyl (C=O) groups excluding carboxylic acids is 1. The first-order chi connectivity index (χ1) is 6.34. The van der Waals surface area contributed by atoms with Gasteiger partial charge in [0.2, 0.25) is 5.91 Å². The van der Waals surface area contributed by atoms with Crippen molar-refractivity contribution in [1.29, 1.82) is 0 Å². The molecule has 0 bridgehead atoms. The van der Waals surface area contributed by atoms with Gasteiger partial charge < -0.3 is 21.6 Å². The van der Waals surface area contributed by atoms with E-state index >= 15 is 0 Å². The lowest BCUT2D eigenvalue weighted by molar-refractivity contribution is -0.142. The summed E-state index contributed by atoms with van der Waals surface area (Å²) in [6.07, 6.45) is 0.411. The molecule has 0 radical (unpaired) electrons. The third-order valence-electron chi connectivity index (χ3n) is 1.74. The molecule has 0 fully saturated rings. The summed E-state index contributed by atoms with van der Waals surface area (Å²) in [6.45, 7) is 5.31. The number of rotatable bonds is 5. The van der Waals surface area contributed by atoms with Crippen LogP contribution >= 0.6 is 0 Å². The lowest BCUT2D eigenvalue weighted by Crippen LogP contribution is -2.47. The molecule has 0 aromatic heterocycles. The lowest BCUT2D eigenvalue weighted by Gasteiger charge is -2.17. The molecule has 0 aliphatic heterocycles. The van der Waals surface area contributed by atoms with E-state index in [4.69, 9.17) is 10.8 Å². The highest BCUT2D eigenvalue weighted by Crippen LogP contribution is 2.04. The van der Waals surface area contributed by atoms with Crippen molar-refractivity contribution in [2.45, 2.75) is 39.3 Å². The Balaban J connectivity index is 0. The largest absolute Gasteiger partial charge is 0.480 e. The summed E-state index contributed by atoms with van der Waals surface area (Å²) in [5.74, 6) is -1.24. The molecule has 0 aliphatic rings. The standard InChI is InChI=1S/C9H18N2O3.H2O/c1-5(2)4-7(9(13)14)11-8(12)6(3)10;/h5-7H,4,10H2,1-3H3,(H,11,12)(H,13,14);1H2/t6-,7-;/m1./s1. The molecule has 90 valence electrons. The van der Waals surface area contributed by atoms with Crippen molar-refractivity contribution in [1.82, 2.24) is 5.32 Å². The highest BCUT2D eigenvalue weighted by molar-refractivity contribution is 5.86. The number of nitrogens with one attached hydrogen (secondary N) is 1. The topological polar surface area (TPSA) is 124 Å². The summed E-state index contributed by atoms with van der Waals surface area (Å²) in [5.41, 5.74) is 5.31. The SMILES string of the molecule is CC(C)C[C@@H](NC(=O)[C@@H](C)N)C(=O)O.O. The summed E-state index contributed by atoms with van der Waals surface area (Å²) in [6, 6.07) is -1.52. The molecule has 0 rings (SSSR count). The van der Waals surface area contributed by atoms with Gasteiger partial charge in [0, 0.05) is 0 Å². The fourth-order valence-corrected chi connectivity index (χ4v) is 0.996. The van der Waals surface area contributed by atoms with Crippen LogP contribution in [0.15, 0.2) is 0 Å². The first kappa shape index (κ1) is 16.3. The number of carboxylic acid groups (broad SMARTS) is 1. The quantitative estimate of drug-likeness (QED) is 0.556. The second kappa shape index (κ2) is 7.19. The predicted molar refractivity (Wildman–Crippen MR) is 56.3 cm³/mol. The molecular weight excluding hydrogens is 200 g/mol.